The van der Waals surface area contributed by atoms with E-state index in [0.717, 1.165) is 36.7 Å². The van der Waals surface area contributed by atoms with Crippen LogP contribution in [-0.4, -0.2) is 51.0 Å². The van der Waals surface area contributed by atoms with Crippen LogP contribution < -0.4 is 4.74 Å². The molecule has 166 valence electrons. The maximum Gasteiger partial charge on any atom is 0.343 e. The van der Waals surface area contributed by atoms with Crippen molar-refractivity contribution in [1.82, 2.24) is 9.91 Å². The number of esters is 1. The number of aryl methyl sites for hydroxylation is 1. The molecule has 33 heavy (non-hydrogen) atoms. The highest BCUT2D eigenvalue weighted by Gasteiger charge is 2.37. The molecule has 0 aliphatic carbocycles. The molecule has 0 atom stereocenters. The van der Waals surface area contributed by atoms with Gasteiger partial charge >= 0.3 is 5.97 Å². The van der Waals surface area contributed by atoms with Crippen LogP contribution in [0, 0.1) is 12.3 Å². The number of amides is 1. The number of benzene rings is 2. The number of likely N-dealkylation sites (tertiary alicyclic amines) is 1. The molecule has 3 aliphatic heterocycles. The second kappa shape index (κ2) is 8.67. The quantitative estimate of drug-likeness (QED) is 0.425. The second-order valence-corrected chi connectivity index (χ2v) is 8.86. The molecule has 0 saturated carbocycles. The van der Waals surface area contributed by atoms with Crippen LogP contribution >= 0.6 is 11.8 Å². The Morgan fingerprint density at radius 1 is 1.12 bits per heavy atom. The number of thioether (sulfide) groups is 1. The highest BCUT2D eigenvalue weighted by molar-refractivity contribution is 8.26. The van der Waals surface area contributed by atoms with Crippen LogP contribution in [0.25, 0.3) is 6.08 Å². The third-order valence-corrected chi connectivity index (χ3v) is 6.45. The molecule has 0 unspecified atom stereocenters. The first-order chi connectivity index (χ1) is 16.0. The molecule has 1 saturated heterocycles. The van der Waals surface area contributed by atoms with E-state index in [1.807, 2.05) is 19.1 Å². The number of hydrogen-bond donors (Lipinski definition) is 1. The Morgan fingerprint density at radius 3 is 2.61 bits per heavy atom. The Kier molecular flexibility index (Phi) is 5.55. The van der Waals surface area contributed by atoms with Crippen molar-refractivity contribution in [2.75, 3.05) is 13.1 Å². The van der Waals surface area contributed by atoms with Gasteiger partial charge in [0.05, 0.1) is 11.1 Å². The minimum absolute atomic E-state index is 0.00153. The van der Waals surface area contributed by atoms with E-state index in [0.29, 0.717) is 22.0 Å². The number of rotatable bonds is 3. The average molecular weight is 460 g/mol. The summed E-state index contributed by atoms with van der Waals surface area (Å²) in [4.78, 5) is 31.2. The fourth-order valence-corrected chi connectivity index (χ4v) is 4.70. The number of carbonyl (C=O) groups excluding carboxylic acids is 2. The molecule has 2 aromatic carbocycles. The molecule has 1 N–H and O–H groups in total. The van der Waals surface area contributed by atoms with Gasteiger partial charge in [-0.05, 0) is 67.4 Å². The molecule has 0 aromatic heterocycles. The number of amidine groups is 3. The van der Waals surface area contributed by atoms with Gasteiger partial charge in [0.25, 0.3) is 5.91 Å². The van der Waals surface area contributed by atoms with Gasteiger partial charge in [0.15, 0.2) is 11.0 Å². The molecule has 2 aromatic rings. The lowest BCUT2D eigenvalue weighted by molar-refractivity contribution is -0.114. The monoisotopic (exact) mass is 459 g/mol. The van der Waals surface area contributed by atoms with E-state index in [4.69, 9.17) is 10.1 Å². The lowest BCUT2D eigenvalue weighted by Gasteiger charge is -2.20. The van der Waals surface area contributed by atoms with E-state index in [9.17, 15) is 9.59 Å². The number of aliphatic imine (C=N–C) groups is 1. The summed E-state index contributed by atoms with van der Waals surface area (Å²) >= 11 is 1.33. The summed E-state index contributed by atoms with van der Waals surface area (Å²) in [5.74, 6) is -0.507. The highest BCUT2D eigenvalue weighted by atomic mass is 32.2. The van der Waals surface area contributed by atoms with Gasteiger partial charge in [-0.3, -0.25) is 10.2 Å². The van der Waals surface area contributed by atoms with Crippen molar-refractivity contribution in [3.05, 3.63) is 70.8 Å². The molecule has 8 nitrogen and oxygen atoms in total. The zero-order valence-electron chi connectivity index (χ0n) is 17.9. The summed E-state index contributed by atoms with van der Waals surface area (Å²) in [7, 11) is 0. The Balaban J connectivity index is 1.31. The Labute approximate surface area is 195 Å². The largest absolute Gasteiger partial charge is 0.423 e. The molecule has 1 fully saturated rings. The number of nitrogens with zero attached hydrogens (tertiary/aromatic N) is 4. The molecule has 0 bridgehead atoms. The highest BCUT2D eigenvalue weighted by Crippen LogP contribution is 2.31. The van der Waals surface area contributed by atoms with Crippen LogP contribution in [0.1, 0.15) is 34.3 Å². The number of nitrogens with one attached hydrogen (secondary N) is 1. The lowest BCUT2D eigenvalue weighted by Crippen LogP contribution is -2.35. The van der Waals surface area contributed by atoms with Crippen molar-refractivity contribution in [1.29, 1.82) is 5.41 Å². The van der Waals surface area contributed by atoms with Gasteiger partial charge in [-0.1, -0.05) is 29.8 Å². The van der Waals surface area contributed by atoms with Crippen molar-refractivity contribution in [2.24, 2.45) is 10.1 Å². The first kappa shape index (κ1) is 21.1. The van der Waals surface area contributed by atoms with Crippen LogP contribution in [0.2, 0.25) is 0 Å². The Morgan fingerprint density at radius 2 is 1.88 bits per heavy atom. The molecular weight excluding hydrogens is 438 g/mol. The Hall–Kier alpha value is -3.72. The molecule has 0 radical (unpaired) electrons. The minimum Gasteiger partial charge on any atom is -0.423 e. The van der Waals surface area contributed by atoms with Crippen molar-refractivity contribution in [3.63, 3.8) is 0 Å². The summed E-state index contributed by atoms with van der Waals surface area (Å²) in [6.07, 6.45) is 3.83. The Bertz CT molecular complexity index is 1240. The van der Waals surface area contributed by atoms with Gasteiger partial charge in [0, 0.05) is 13.1 Å². The van der Waals surface area contributed by atoms with Gasteiger partial charge in [0.1, 0.15) is 5.75 Å². The normalized spacial score (nSPS) is 19.0. The molecule has 5 rings (SSSR count). The zero-order valence-corrected chi connectivity index (χ0v) is 18.8. The molecule has 0 spiro atoms. The van der Waals surface area contributed by atoms with Gasteiger partial charge < -0.3 is 9.64 Å². The van der Waals surface area contributed by atoms with Crippen LogP contribution in [-0.2, 0) is 4.79 Å². The molecule has 3 aliphatic rings. The summed E-state index contributed by atoms with van der Waals surface area (Å²) in [5.41, 5.74) is 2.31. The standard InChI is InChI=1S/C24H21N5O3S/c1-15-5-4-6-17(13-15)22(31)32-18-9-7-16(8-10-18)14-19-20(25)29-23(26-21(19)30)33-24(27-29)28-11-2-3-12-28/h4-10,13-14,25H,2-3,11-12H2,1H3/b19-14-,25-20?. The number of hydrazone groups is 1. The molecule has 1 amide bonds. The van der Waals surface area contributed by atoms with E-state index in [1.165, 1.54) is 16.8 Å². The zero-order chi connectivity index (χ0) is 22.9. The molecule has 9 heteroatoms. The summed E-state index contributed by atoms with van der Waals surface area (Å²) in [6.45, 7) is 3.77. The van der Waals surface area contributed by atoms with Crippen molar-refractivity contribution in [3.8, 4) is 5.75 Å². The minimum atomic E-state index is -0.466. The predicted octanol–water partition coefficient (Wildman–Crippen LogP) is 3.89. The smallest absolute Gasteiger partial charge is 0.343 e. The summed E-state index contributed by atoms with van der Waals surface area (Å²) in [6, 6.07) is 14.0. The number of carbonyl (C=O) groups is 2. The third kappa shape index (κ3) is 4.31. The van der Waals surface area contributed by atoms with Crippen LogP contribution in [0.15, 0.2) is 64.2 Å². The first-order valence-electron chi connectivity index (χ1n) is 10.6. The number of hydrogen-bond acceptors (Lipinski definition) is 7. The number of ether oxygens (including phenoxy) is 1. The van der Waals surface area contributed by atoms with Gasteiger partial charge in [-0.2, -0.15) is 10.0 Å². The van der Waals surface area contributed by atoms with Gasteiger partial charge in [-0.25, -0.2) is 4.79 Å². The molecule has 3 heterocycles. The topological polar surface area (TPSA) is 98.4 Å². The maximum atomic E-state index is 12.6. The predicted molar refractivity (Wildman–Crippen MR) is 128 cm³/mol. The maximum absolute atomic E-state index is 12.6. The SMILES string of the molecule is Cc1cccc(C(=O)Oc2ccc(/C=C3/C(=N)N4N=C(N5CCCC5)SC4=NC3=O)cc2)c1. The van der Waals surface area contributed by atoms with Crippen molar-refractivity contribution >= 4 is 45.9 Å². The first-order valence-corrected chi connectivity index (χ1v) is 11.4. The summed E-state index contributed by atoms with van der Waals surface area (Å²) < 4.78 is 5.44. The number of fused-ring (bicyclic) bond motifs is 1. The van der Waals surface area contributed by atoms with Gasteiger partial charge in [0.2, 0.25) is 5.17 Å². The van der Waals surface area contributed by atoms with Crippen molar-refractivity contribution < 1.29 is 14.3 Å². The van der Waals surface area contributed by atoms with E-state index in [-0.39, 0.29) is 11.4 Å². The van der Waals surface area contributed by atoms with E-state index < -0.39 is 11.9 Å². The average Bonchev–Trinajstić information content (AvgIpc) is 3.48. The van der Waals surface area contributed by atoms with Gasteiger partial charge in [-0.15, -0.1) is 5.10 Å². The van der Waals surface area contributed by atoms with E-state index in [1.54, 1.807) is 42.5 Å². The summed E-state index contributed by atoms with van der Waals surface area (Å²) in [5, 5.41) is 15.6. The second-order valence-electron chi connectivity index (χ2n) is 7.92. The van der Waals surface area contributed by atoms with Crippen LogP contribution in [0.4, 0.5) is 0 Å². The third-order valence-electron chi connectivity index (χ3n) is 5.48. The fourth-order valence-electron chi connectivity index (χ4n) is 3.75. The van der Waals surface area contributed by atoms with E-state index >= 15 is 0 Å². The van der Waals surface area contributed by atoms with Crippen LogP contribution in [0.5, 0.6) is 5.75 Å². The van der Waals surface area contributed by atoms with Crippen molar-refractivity contribution in [2.45, 2.75) is 19.8 Å². The van der Waals surface area contributed by atoms with Crippen LogP contribution in [0.3, 0.4) is 0 Å². The fraction of sp³-hybridized carbons (Fsp3) is 0.208. The molecular formula is C24H21N5O3S. The van der Waals surface area contributed by atoms with E-state index in [2.05, 4.69) is 15.0 Å². The lowest BCUT2D eigenvalue weighted by atomic mass is 10.1.